The van der Waals surface area contributed by atoms with Crippen LogP contribution in [0.4, 0.5) is 5.95 Å². The van der Waals surface area contributed by atoms with Crippen LogP contribution < -0.4 is 10.1 Å². The van der Waals surface area contributed by atoms with Crippen molar-refractivity contribution >= 4 is 11.9 Å². The molecular weight excluding hydrogens is 234 g/mol. The van der Waals surface area contributed by atoms with Gasteiger partial charge >= 0.3 is 0 Å². The number of carbonyl (C=O) groups excluding carboxylic acids is 1. The van der Waals surface area contributed by atoms with Crippen LogP contribution in [-0.4, -0.2) is 32.8 Å². The molecule has 7 heteroatoms. The molecule has 0 bridgehead atoms. The maximum Gasteiger partial charge on any atom is 0.263 e. The number of rotatable bonds is 3. The second kappa shape index (κ2) is 4.82. The Balaban J connectivity index is 2.24. The Bertz CT molecular complexity index is 579. The number of anilines is 1. The normalized spacial score (nSPS) is 10.2. The molecule has 7 nitrogen and oxygen atoms in total. The molecule has 2 aromatic heterocycles. The summed E-state index contributed by atoms with van der Waals surface area (Å²) in [6.07, 6.45) is 1.56. The van der Waals surface area contributed by atoms with E-state index >= 15 is 0 Å². The van der Waals surface area contributed by atoms with Crippen molar-refractivity contribution < 1.29 is 9.53 Å². The number of aryl methyl sites for hydroxylation is 2. The molecule has 94 valence electrons. The van der Waals surface area contributed by atoms with Gasteiger partial charge in [0.1, 0.15) is 11.4 Å². The fraction of sp³-hybridized carbons (Fsp3) is 0.273. The van der Waals surface area contributed by atoms with Gasteiger partial charge in [-0.3, -0.25) is 10.1 Å². The standard InChI is InChI=1S/C11H13N5O2/c1-7-13-11(16(2)15-7)14-9(17)8-5-4-6-12-10(8)18-3/h4-6H,1-3H3,(H,13,14,15,17). The van der Waals surface area contributed by atoms with Crippen molar-refractivity contribution in [2.45, 2.75) is 6.92 Å². The van der Waals surface area contributed by atoms with Crippen LogP contribution in [0, 0.1) is 6.92 Å². The van der Waals surface area contributed by atoms with Gasteiger partial charge in [0.15, 0.2) is 0 Å². The molecule has 0 saturated carbocycles. The first-order valence-electron chi connectivity index (χ1n) is 5.30. The minimum absolute atomic E-state index is 0.272. The number of amides is 1. The summed E-state index contributed by atoms with van der Waals surface area (Å²) in [6.45, 7) is 1.75. The summed E-state index contributed by atoms with van der Waals surface area (Å²) in [5.41, 5.74) is 0.348. The first-order chi connectivity index (χ1) is 8.61. The van der Waals surface area contributed by atoms with Gasteiger partial charge in [0.05, 0.1) is 7.11 Å². The summed E-state index contributed by atoms with van der Waals surface area (Å²) in [4.78, 5) is 20.1. The van der Waals surface area contributed by atoms with Crippen molar-refractivity contribution in [3.05, 3.63) is 29.7 Å². The molecular formula is C11H13N5O2. The predicted molar refractivity (Wildman–Crippen MR) is 64.5 cm³/mol. The van der Waals surface area contributed by atoms with E-state index in [1.807, 2.05) is 0 Å². The zero-order valence-electron chi connectivity index (χ0n) is 10.3. The Kier molecular flexibility index (Phi) is 3.22. The first-order valence-corrected chi connectivity index (χ1v) is 5.30. The molecule has 2 rings (SSSR count). The highest BCUT2D eigenvalue weighted by atomic mass is 16.5. The lowest BCUT2D eigenvalue weighted by atomic mass is 10.2. The topological polar surface area (TPSA) is 81.9 Å². The number of carbonyl (C=O) groups is 1. The number of hydrogen-bond acceptors (Lipinski definition) is 5. The van der Waals surface area contributed by atoms with E-state index in [-0.39, 0.29) is 11.8 Å². The molecule has 2 heterocycles. The zero-order chi connectivity index (χ0) is 13.1. The molecule has 0 aliphatic carbocycles. The van der Waals surface area contributed by atoms with Gasteiger partial charge in [-0.2, -0.15) is 10.1 Å². The van der Waals surface area contributed by atoms with E-state index in [0.717, 1.165) is 0 Å². The van der Waals surface area contributed by atoms with Crippen molar-refractivity contribution in [1.29, 1.82) is 0 Å². The van der Waals surface area contributed by atoms with Crippen molar-refractivity contribution in [2.24, 2.45) is 7.05 Å². The van der Waals surface area contributed by atoms with E-state index in [1.54, 1.807) is 32.3 Å². The molecule has 0 aliphatic heterocycles. The number of ether oxygens (including phenoxy) is 1. The smallest absolute Gasteiger partial charge is 0.263 e. The van der Waals surface area contributed by atoms with Crippen LogP contribution >= 0.6 is 0 Å². The zero-order valence-corrected chi connectivity index (χ0v) is 10.3. The number of nitrogens with zero attached hydrogens (tertiary/aromatic N) is 4. The summed E-state index contributed by atoms with van der Waals surface area (Å²) in [7, 11) is 3.17. The van der Waals surface area contributed by atoms with Gasteiger partial charge in [0.25, 0.3) is 5.91 Å². The third-order valence-electron chi connectivity index (χ3n) is 2.30. The van der Waals surface area contributed by atoms with Crippen LogP contribution in [0.3, 0.4) is 0 Å². The van der Waals surface area contributed by atoms with Crippen LogP contribution in [0.2, 0.25) is 0 Å². The lowest BCUT2D eigenvalue weighted by molar-refractivity contribution is 0.102. The Morgan fingerprint density at radius 1 is 1.50 bits per heavy atom. The second-order valence-electron chi connectivity index (χ2n) is 3.62. The molecule has 0 saturated heterocycles. The minimum atomic E-state index is -0.338. The largest absolute Gasteiger partial charge is 0.480 e. The molecule has 0 radical (unpaired) electrons. The molecule has 0 unspecified atom stereocenters. The van der Waals surface area contributed by atoms with Crippen molar-refractivity contribution in [2.75, 3.05) is 12.4 Å². The van der Waals surface area contributed by atoms with Gasteiger partial charge < -0.3 is 4.74 Å². The Morgan fingerprint density at radius 2 is 2.28 bits per heavy atom. The van der Waals surface area contributed by atoms with E-state index in [9.17, 15) is 4.79 Å². The number of methoxy groups -OCH3 is 1. The third-order valence-corrected chi connectivity index (χ3v) is 2.30. The summed E-state index contributed by atoms with van der Waals surface area (Å²) < 4.78 is 6.52. The predicted octanol–water partition coefficient (Wildman–Crippen LogP) is 0.779. The van der Waals surface area contributed by atoms with E-state index in [1.165, 1.54) is 11.8 Å². The highest BCUT2D eigenvalue weighted by molar-refractivity contribution is 6.04. The van der Waals surface area contributed by atoms with Crippen molar-refractivity contribution in [1.82, 2.24) is 19.7 Å². The van der Waals surface area contributed by atoms with Crippen LogP contribution in [0.5, 0.6) is 5.88 Å². The molecule has 1 amide bonds. The van der Waals surface area contributed by atoms with E-state index < -0.39 is 0 Å². The number of hydrogen-bond donors (Lipinski definition) is 1. The summed E-state index contributed by atoms with van der Waals surface area (Å²) >= 11 is 0. The Hall–Kier alpha value is -2.44. The van der Waals surface area contributed by atoms with Gasteiger partial charge in [-0.1, -0.05) is 0 Å². The van der Waals surface area contributed by atoms with E-state index in [4.69, 9.17) is 4.74 Å². The molecule has 1 N–H and O–H groups in total. The third kappa shape index (κ3) is 2.29. The van der Waals surface area contributed by atoms with Gasteiger partial charge in [0.2, 0.25) is 11.8 Å². The summed E-state index contributed by atoms with van der Waals surface area (Å²) in [5.74, 6) is 0.902. The average molecular weight is 247 g/mol. The summed E-state index contributed by atoms with van der Waals surface area (Å²) in [6, 6.07) is 3.30. The number of pyridine rings is 1. The second-order valence-corrected chi connectivity index (χ2v) is 3.62. The van der Waals surface area contributed by atoms with Crippen molar-refractivity contribution in [3.63, 3.8) is 0 Å². The molecule has 0 aromatic carbocycles. The number of nitrogens with one attached hydrogen (secondary N) is 1. The molecule has 0 atom stereocenters. The van der Waals surface area contributed by atoms with E-state index in [0.29, 0.717) is 17.3 Å². The van der Waals surface area contributed by atoms with Gasteiger partial charge in [-0.15, -0.1) is 0 Å². The summed E-state index contributed by atoms with van der Waals surface area (Å²) in [5, 5.41) is 6.70. The lowest BCUT2D eigenvalue weighted by Crippen LogP contribution is -2.16. The molecule has 0 fully saturated rings. The monoisotopic (exact) mass is 247 g/mol. The van der Waals surface area contributed by atoms with Crippen molar-refractivity contribution in [3.8, 4) is 5.88 Å². The molecule has 18 heavy (non-hydrogen) atoms. The molecule has 0 spiro atoms. The van der Waals surface area contributed by atoms with Gasteiger partial charge in [-0.05, 0) is 19.1 Å². The maximum absolute atomic E-state index is 12.0. The van der Waals surface area contributed by atoms with Crippen LogP contribution in [0.1, 0.15) is 16.2 Å². The Morgan fingerprint density at radius 3 is 2.89 bits per heavy atom. The average Bonchev–Trinajstić information content (AvgIpc) is 2.67. The van der Waals surface area contributed by atoms with Crippen LogP contribution in [0.15, 0.2) is 18.3 Å². The highest BCUT2D eigenvalue weighted by Gasteiger charge is 2.15. The SMILES string of the molecule is COc1ncccc1C(=O)Nc1nc(C)nn1C. The van der Waals surface area contributed by atoms with Crippen LogP contribution in [-0.2, 0) is 7.05 Å². The Labute approximate surface area is 104 Å². The van der Waals surface area contributed by atoms with Gasteiger partial charge in [-0.25, -0.2) is 9.67 Å². The fourth-order valence-electron chi connectivity index (χ4n) is 1.52. The quantitative estimate of drug-likeness (QED) is 0.866. The maximum atomic E-state index is 12.0. The van der Waals surface area contributed by atoms with Crippen LogP contribution in [0.25, 0.3) is 0 Å². The molecule has 2 aromatic rings. The van der Waals surface area contributed by atoms with E-state index in [2.05, 4.69) is 20.4 Å². The lowest BCUT2D eigenvalue weighted by Gasteiger charge is -2.06. The number of aromatic nitrogens is 4. The highest BCUT2D eigenvalue weighted by Crippen LogP contribution is 2.15. The minimum Gasteiger partial charge on any atom is -0.480 e. The first kappa shape index (κ1) is 12.0. The van der Waals surface area contributed by atoms with Gasteiger partial charge in [0, 0.05) is 13.2 Å². The fourth-order valence-corrected chi connectivity index (χ4v) is 1.52. The molecule has 0 aliphatic rings.